The predicted octanol–water partition coefficient (Wildman–Crippen LogP) is 2.20. The Bertz CT molecular complexity index is 477. The van der Waals surface area contributed by atoms with Gasteiger partial charge in [0.1, 0.15) is 0 Å². The van der Waals surface area contributed by atoms with Gasteiger partial charge in [-0.25, -0.2) is 0 Å². The summed E-state index contributed by atoms with van der Waals surface area (Å²) < 4.78 is 0. The van der Waals surface area contributed by atoms with Crippen molar-refractivity contribution in [2.75, 3.05) is 39.8 Å². The van der Waals surface area contributed by atoms with Gasteiger partial charge < -0.3 is 4.90 Å². The molecular formula is C18H29N3. The number of piperazine rings is 1. The van der Waals surface area contributed by atoms with Crippen molar-refractivity contribution in [2.45, 2.75) is 39.4 Å². The Balaban J connectivity index is 1.67. The maximum absolute atomic E-state index is 2.59. The molecule has 1 aromatic carbocycles. The molecule has 0 saturated carbocycles. The van der Waals surface area contributed by atoms with Crippen molar-refractivity contribution in [3.8, 4) is 0 Å². The normalized spacial score (nSPS) is 25.0. The number of fused-ring (bicyclic) bond motifs is 1. The molecule has 1 saturated heterocycles. The van der Waals surface area contributed by atoms with Gasteiger partial charge in [-0.1, -0.05) is 25.1 Å². The molecule has 0 radical (unpaired) electrons. The fourth-order valence-electron chi connectivity index (χ4n) is 3.63. The van der Waals surface area contributed by atoms with E-state index in [1.807, 2.05) is 0 Å². The Hall–Kier alpha value is -0.900. The van der Waals surface area contributed by atoms with Gasteiger partial charge in [0.05, 0.1) is 0 Å². The molecule has 21 heavy (non-hydrogen) atoms. The first-order chi connectivity index (χ1) is 10.2. The maximum Gasteiger partial charge on any atom is 0.0239 e. The highest BCUT2D eigenvalue weighted by atomic mass is 15.2. The largest absolute Gasteiger partial charge is 0.304 e. The first-order valence-electron chi connectivity index (χ1n) is 8.41. The molecule has 3 heteroatoms. The number of likely N-dealkylation sites (N-methyl/N-ethyl adjacent to an activating group) is 2. The van der Waals surface area contributed by atoms with E-state index < -0.39 is 0 Å². The van der Waals surface area contributed by atoms with Crippen molar-refractivity contribution in [3.63, 3.8) is 0 Å². The minimum atomic E-state index is 0.682. The standard InChI is InChI=1S/C18H29N3/c1-4-21-14-17-6-5-16(12-18(17)11-15(21)2)13-20-9-7-19(3)8-10-20/h5-6,12,15H,4,7-11,13-14H2,1-3H3. The third-order valence-electron chi connectivity index (χ3n) is 5.19. The zero-order chi connectivity index (χ0) is 14.8. The molecule has 0 aromatic heterocycles. The Morgan fingerprint density at radius 3 is 2.57 bits per heavy atom. The van der Waals surface area contributed by atoms with Gasteiger partial charge in [-0.15, -0.1) is 0 Å². The van der Waals surface area contributed by atoms with Crippen LogP contribution in [0.2, 0.25) is 0 Å². The zero-order valence-corrected chi connectivity index (χ0v) is 13.8. The lowest BCUT2D eigenvalue weighted by molar-refractivity contribution is 0.148. The number of rotatable bonds is 3. The second-order valence-corrected chi connectivity index (χ2v) is 6.80. The predicted molar refractivity (Wildman–Crippen MR) is 88.5 cm³/mol. The van der Waals surface area contributed by atoms with E-state index in [9.17, 15) is 0 Å². The molecule has 3 rings (SSSR count). The molecule has 1 aromatic rings. The third kappa shape index (κ3) is 3.47. The molecule has 2 aliphatic heterocycles. The molecule has 1 atom stereocenters. The lowest BCUT2D eigenvalue weighted by Gasteiger charge is -2.35. The maximum atomic E-state index is 2.59. The van der Waals surface area contributed by atoms with Gasteiger partial charge in [-0.2, -0.15) is 0 Å². The second-order valence-electron chi connectivity index (χ2n) is 6.80. The van der Waals surface area contributed by atoms with Crippen LogP contribution in [0.4, 0.5) is 0 Å². The first-order valence-corrected chi connectivity index (χ1v) is 8.41. The Labute approximate surface area is 129 Å². The Morgan fingerprint density at radius 1 is 1.10 bits per heavy atom. The van der Waals surface area contributed by atoms with Crippen molar-refractivity contribution in [1.82, 2.24) is 14.7 Å². The highest BCUT2D eigenvalue weighted by molar-refractivity contribution is 5.34. The van der Waals surface area contributed by atoms with Gasteiger partial charge >= 0.3 is 0 Å². The quantitative estimate of drug-likeness (QED) is 0.844. The van der Waals surface area contributed by atoms with E-state index in [4.69, 9.17) is 0 Å². The molecule has 0 bridgehead atoms. The summed E-state index contributed by atoms with van der Waals surface area (Å²) in [6, 6.07) is 7.87. The van der Waals surface area contributed by atoms with E-state index in [0.717, 1.165) is 19.6 Å². The third-order valence-corrected chi connectivity index (χ3v) is 5.19. The van der Waals surface area contributed by atoms with Crippen LogP contribution >= 0.6 is 0 Å². The van der Waals surface area contributed by atoms with Crippen LogP contribution in [0.25, 0.3) is 0 Å². The summed E-state index contributed by atoms with van der Waals surface area (Å²) in [5, 5.41) is 0. The van der Waals surface area contributed by atoms with Gasteiger partial charge in [0, 0.05) is 45.3 Å². The minimum Gasteiger partial charge on any atom is -0.304 e. The minimum absolute atomic E-state index is 0.682. The molecule has 2 aliphatic rings. The summed E-state index contributed by atoms with van der Waals surface area (Å²) in [6.45, 7) is 12.8. The highest BCUT2D eigenvalue weighted by Gasteiger charge is 2.22. The summed E-state index contributed by atoms with van der Waals surface area (Å²) in [4.78, 5) is 7.58. The van der Waals surface area contributed by atoms with Crippen LogP contribution in [0.15, 0.2) is 18.2 Å². The first kappa shape index (κ1) is 15.0. The van der Waals surface area contributed by atoms with Gasteiger partial charge in [0.15, 0.2) is 0 Å². The molecule has 1 fully saturated rings. The molecule has 0 amide bonds. The van der Waals surface area contributed by atoms with Crippen molar-refractivity contribution < 1.29 is 0 Å². The van der Waals surface area contributed by atoms with Crippen LogP contribution in [0.3, 0.4) is 0 Å². The molecule has 2 heterocycles. The van der Waals surface area contributed by atoms with Crippen LogP contribution < -0.4 is 0 Å². The summed E-state index contributed by atoms with van der Waals surface area (Å²) >= 11 is 0. The van der Waals surface area contributed by atoms with E-state index in [0.29, 0.717) is 6.04 Å². The molecule has 116 valence electrons. The SMILES string of the molecule is CCN1Cc2ccc(CN3CCN(C)CC3)cc2CC1C. The van der Waals surface area contributed by atoms with E-state index >= 15 is 0 Å². The fraction of sp³-hybridized carbons (Fsp3) is 0.667. The average Bonchev–Trinajstić information content (AvgIpc) is 2.49. The van der Waals surface area contributed by atoms with Crippen LogP contribution in [-0.2, 0) is 19.5 Å². The van der Waals surface area contributed by atoms with Crippen molar-refractivity contribution in [3.05, 3.63) is 34.9 Å². The number of nitrogens with zero attached hydrogens (tertiary/aromatic N) is 3. The molecule has 3 nitrogen and oxygen atoms in total. The summed E-state index contributed by atoms with van der Waals surface area (Å²) in [5.41, 5.74) is 4.62. The number of benzene rings is 1. The van der Waals surface area contributed by atoms with Crippen molar-refractivity contribution >= 4 is 0 Å². The van der Waals surface area contributed by atoms with E-state index in [1.54, 1.807) is 5.56 Å². The number of hydrogen-bond donors (Lipinski definition) is 0. The monoisotopic (exact) mass is 287 g/mol. The van der Waals surface area contributed by atoms with Gasteiger partial charge in [-0.3, -0.25) is 9.80 Å². The summed E-state index contributed by atoms with van der Waals surface area (Å²) in [6.07, 6.45) is 1.21. The molecule has 0 aliphatic carbocycles. The smallest absolute Gasteiger partial charge is 0.0239 e. The van der Waals surface area contributed by atoms with Crippen LogP contribution in [0.5, 0.6) is 0 Å². The molecule has 0 spiro atoms. The Morgan fingerprint density at radius 2 is 1.86 bits per heavy atom. The molecule has 0 N–H and O–H groups in total. The van der Waals surface area contributed by atoms with E-state index in [-0.39, 0.29) is 0 Å². The van der Waals surface area contributed by atoms with Gasteiger partial charge in [-0.05, 0) is 43.6 Å². The highest BCUT2D eigenvalue weighted by Crippen LogP contribution is 2.24. The van der Waals surface area contributed by atoms with Crippen LogP contribution in [0, 0.1) is 0 Å². The molecule has 1 unspecified atom stereocenters. The zero-order valence-electron chi connectivity index (χ0n) is 13.8. The summed E-state index contributed by atoms with van der Waals surface area (Å²) in [7, 11) is 2.22. The molecular weight excluding hydrogens is 258 g/mol. The number of hydrogen-bond acceptors (Lipinski definition) is 3. The topological polar surface area (TPSA) is 9.72 Å². The van der Waals surface area contributed by atoms with Crippen LogP contribution in [-0.4, -0.2) is 60.5 Å². The van der Waals surface area contributed by atoms with Gasteiger partial charge in [0.2, 0.25) is 0 Å². The lowest BCUT2D eigenvalue weighted by atomic mass is 9.93. The Kier molecular flexibility index (Phi) is 4.63. The van der Waals surface area contributed by atoms with Crippen molar-refractivity contribution in [2.24, 2.45) is 0 Å². The fourth-order valence-corrected chi connectivity index (χ4v) is 3.63. The average molecular weight is 287 g/mol. The van der Waals surface area contributed by atoms with E-state index in [1.165, 1.54) is 43.7 Å². The van der Waals surface area contributed by atoms with Gasteiger partial charge in [0.25, 0.3) is 0 Å². The van der Waals surface area contributed by atoms with Crippen molar-refractivity contribution in [1.29, 1.82) is 0 Å². The summed E-state index contributed by atoms with van der Waals surface area (Å²) in [5.74, 6) is 0. The lowest BCUT2D eigenvalue weighted by Crippen LogP contribution is -2.44. The van der Waals surface area contributed by atoms with Crippen LogP contribution in [0.1, 0.15) is 30.5 Å². The van der Waals surface area contributed by atoms with E-state index in [2.05, 4.69) is 53.8 Å². The second kappa shape index (κ2) is 6.47.